The van der Waals surface area contributed by atoms with Crippen molar-refractivity contribution in [2.24, 2.45) is 0 Å². The molecule has 2 nitrogen and oxygen atoms in total. The molecule has 292 valence electrons. The molecule has 0 saturated heterocycles. The Morgan fingerprint density at radius 3 is 1.00 bits per heavy atom. The lowest BCUT2D eigenvalue weighted by atomic mass is 9.88. The summed E-state index contributed by atoms with van der Waals surface area (Å²) < 4.78 is 15.9. The number of hydrogen-bond donors (Lipinski definition) is 0. The van der Waals surface area contributed by atoms with Crippen LogP contribution in [0.15, 0.2) is 72.8 Å². The molecule has 4 aromatic carbocycles. The summed E-state index contributed by atoms with van der Waals surface area (Å²) in [5, 5.41) is 6.02. The van der Waals surface area contributed by atoms with Crippen molar-refractivity contribution in [3.8, 4) is 35.2 Å². The van der Waals surface area contributed by atoms with Crippen LogP contribution in [0.3, 0.4) is 0 Å². The molecule has 0 unspecified atom stereocenters. The molecular formula is C50H60O2S2Si2. The molecule has 0 aliphatic rings. The minimum Gasteiger partial charge on any atom is -0.495 e. The summed E-state index contributed by atoms with van der Waals surface area (Å²) in [6, 6.07) is 26.2. The second kappa shape index (κ2) is 16.6. The number of ether oxygens (including phenoxy) is 2. The molecule has 6 rings (SSSR count). The van der Waals surface area contributed by atoms with Gasteiger partial charge in [0, 0.05) is 32.7 Å². The maximum atomic E-state index is 6.38. The van der Waals surface area contributed by atoms with Crippen LogP contribution in [-0.2, 0) is 0 Å². The summed E-state index contributed by atoms with van der Waals surface area (Å²) in [7, 11) is -0.0701. The smallest absolute Gasteiger partial charge is 0.136 e. The summed E-state index contributed by atoms with van der Waals surface area (Å²) in [4.78, 5) is 2.20. The molecule has 0 bridgehead atoms. The highest BCUT2D eigenvalue weighted by molar-refractivity contribution is 7.28. The quantitative estimate of drug-likeness (QED) is 0.0779. The number of hydrogen-bond acceptors (Lipinski definition) is 4. The topological polar surface area (TPSA) is 18.5 Å². The molecule has 0 amide bonds. The predicted octanol–water partition coefficient (Wildman–Crippen LogP) is 13.9. The Balaban J connectivity index is 1.66. The van der Waals surface area contributed by atoms with Gasteiger partial charge in [-0.1, -0.05) is 167 Å². The third kappa shape index (κ3) is 6.75. The van der Waals surface area contributed by atoms with Crippen LogP contribution in [0.5, 0.6) is 11.5 Å². The second-order valence-electron chi connectivity index (χ2n) is 17.3. The lowest BCUT2D eigenvalue weighted by Gasteiger charge is -2.42. The van der Waals surface area contributed by atoms with Crippen molar-refractivity contribution in [1.82, 2.24) is 0 Å². The first-order valence-electron chi connectivity index (χ1n) is 20.4. The van der Waals surface area contributed by atoms with Crippen molar-refractivity contribution in [1.29, 1.82) is 0 Å². The molecule has 0 spiro atoms. The zero-order valence-electron chi connectivity index (χ0n) is 36.0. The second-order valence-corrected chi connectivity index (χ2v) is 31.9. The molecule has 6 heteroatoms. The highest BCUT2D eigenvalue weighted by Crippen LogP contribution is 2.48. The molecule has 2 aromatic heterocycles. The molecule has 0 atom stereocenters. The van der Waals surface area contributed by atoms with E-state index in [0.29, 0.717) is 33.2 Å². The van der Waals surface area contributed by atoms with E-state index in [1.807, 2.05) is 22.7 Å². The van der Waals surface area contributed by atoms with Crippen molar-refractivity contribution < 1.29 is 9.47 Å². The third-order valence-corrected chi connectivity index (χ3v) is 30.8. The first-order chi connectivity index (χ1) is 26.7. The van der Waals surface area contributed by atoms with Crippen molar-refractivity contribution in [2.75, 3.05) is 14.2 Å². The minimum absolute atomic E-state index is 0.638. The minimum atomic E-state index is -1.81. The molecular weight excluding hydrogens is 753 g/mol. The monoisotopic (exact) mass is 812 g/mol. The van der Waals surface area contributed by atoms with Gasteiger partial charge in [0.05, 0.1) is 24.0 Å². The summed E-state index contributed by atoms with van der Waals surface area (Å²) >= 11 is 3.81. The number of fused-ring (bicyclic) bond motifs is 3. The Morgan fingerprint density at radius 2 is 0.714 bits per heavy atom. The lowest BCUT2D eigenvalue weighted by Crippen LogP contribution is -2.54. The standard InChI is InChI=1S/C50H60O2S2Si2/c1-31(2)55(32(3)4,33(5)6)45-29-25-37(53-45)23-27-41-39-19-15-16-20-40(39)42(48-47(41)49(51-13)43-21-17-18-22-44(43)50(48)52-14)28-24-38-26-30-46(54-38)56(34(7)8,35(9)10)36(11)12/h15-22,25-26,29-36H,1-14H3. The van der Waals surface area contributed by atoms with E-state index in [4.69, 9.17) is 9.47 Å². The SMILES string of the molecule is COc1c2ccccc2c(OC)c2c(C#Cc3ccc([Si](C(C)C)(C(C)C)C(C)C)s3)c3ccccc3c(C#Cc3ccc([Si](C(C)C)(C(C)C)C(C)C)s3)c12. The van der Waals surface area contributed by atoms with Crippen LogP contribution in [0.2, 0.25) is 33.2 Å². The highest BCUT2D eigenvalue weighted by Gasteiger charge is 2.46. The van der Waals surface area contributed by atoms with E-state index in [1.54, 1.807) is 23.2 Å². The van der Waals surface area contributed by atoms with E-state index < -0.39 is 16.1 Å². The largest absolute Gasteiger partial charge is 0.495 e. The number of methoxy groups -OCH3 is 2. The summed E-state index contributed by atoms with van der Waals surface area (Å²) in [6.07, 6.45) is 0. The van der Waals surface area contributed by atoms with Crippen molar-refractivity contribution in [2.45, 2.75) is 116 Å². The molecule has 6 aromatic rings. The molecule has 0 fully saturated rings. The molecule has 0 aliphatic heterocycles. The Morgan fingerprint density at radius 1 is 0.411 bits per heavy atom. The fourth-order valence-electron chi connectivity index (χ4n) is 11.0. The molecule has 2 heterocycles. The molecule has 0 N–H and O–H groups in total. The maximum absolute atomic E-state index is 6.38. The predicted molar refractivity (Wildman–Crippen MR) is 254 cm³/mol. The van der Waals surface area contributed by atoms with E-state index in [9.17, 15) is 0 Å². The van der Waals surface area contributed by atoms with Crippen LogP contribution in [0.4, 0.5) is 0 Å². The first kappa shape index (κ1) is 41.8. The van der Waals surface area contributed by atoms with Gasteiger partial charge in [-0.15, -0.1) is 22.7 Å². The molecule has 0 saturated carbocycles. The highest BCUT2D eigenvalue weighted by atomic mass is 32.1. The van der Waals surface area contributed by atoms with Crippen LogP contribution >= 0.6 is 22.7 Å². The van der Waals surface area contributed by atoms with Crippen LogP contribution in [-0.4, -0.2) is 30.4 Å². The van der Waals surface area contributed by atoms with Gasteiger partial charge in [0.2, 0.25) is 0 Å². The van der Waals surface area contributed by atoms with Gasteiger partial charge in [-0.05, 0) is 65.2 Å². The fourth-order valence-corrected chi connectivity index (χ4v) is 30.7. The summed E-state index contributed by atoms with van der Waals surface area (Å²) in [5.41, 5.74) is 5.71. The zero-order valence-corrected chi connectivity index (χ0v) is 39.7. The van der Waals surface area contributed by atoms with E-state index in [-0.39, 0.29) is 0 Å². The van der Waals surface area contributed by atoms with E-state index in [0.717, 1.165) is 64.7 Å². The van der Waals surface area contributed by atoms with Gasteiger partial charge in [-0.25, -0.2) is 0 Å². The van der Waals surface area contributed by atoms with E-state index in [2.05, 4.69) is 180 Å². The van der Waals surface area contributed by atoms with Gasteiger partial charge in [0.1, 0.15) is 27.6 Å². The Labute approximate surface area is 347 Å². The van der Waals surface area contributed by atoms with Crippen molar-refractivity contribution in [3.63, 3.8) is 0 Å². The van der Waals surface area contributed by atoms with Gasteiger partial charge in [0.15, 0.2) is 0 Å². The fraction of sp³-hybridized carbons (Fsp3) is 0.400. The van der Waals surface area contributed by atoms with Gasteiger partial charge < -0.3 is 9.47 Å². The van der Waals surface area contributed by atoms with Gasteiger partial charge in [-0.3, -0.25) is 0 Å². The normalized spacial score (nSPS) is 12.4. The van der Waals surface area contributed by atoms with Gasteiger partial charge in [-0.2, -0.15) is 0 Å². The Bertz CT molecular complexity index is 2290. The van der Waals surface area contributed by atoms with Gasteiger partial charge >= 0.3 is 0 Å². The number of benzene rings is 4. The lowest BCUT2D eigenvalue weighted by molar-refractivity contribution is 0.417. The van der Waals surface area contributed by atoms with Crippen LogP contribution < -0.4 is 18.5 Å². The molecule has 56 heavy (non-hydrogen) atoms. The molecule has 0 aliphatic carbocycles. The third-order valence-electron chi connectivity index (χ3n) is 12.9. The van der Waals surface area contributed by atoms with Gasteiger partial charge in [0.25, 0.3) is 0 Å². The number of rotatable bonds is 10. The van der Waals surface area contributed by atoms with Crippen LogP contribution in [0.25, 0.3) is 32.3 Å². The van der Waals surface area contributed by atoms with Crippen LogP contribution in [0.1, 0.15) is 104 Å². The van der Waals surface area contributed by atoms with E-state index >= 15 is 0 Å². The Kier molecular flexibility index (Phi) is 12.4. The average Bonchev–Trinajstić information content (AvgIpc) is 3.82. The van der Waals surface area contributed by atoms with E-state index in [1.165, 1.54) is 0 Å². The molecule has 0 radical (unpaired) electrons. The van der Waals surface area contributed by atoms with Crippen LogP contribution in [0, 0.1) is 23.7 Å². The first-order valence-corrected chi connectivity index (χ1v) is 26.5. The maximum Gasteiger partial charge on any atom is 0.136 e. The number of thiophene rings is 2. The zero-order chi connectivity index (χ0) is 40.7. The summed E-state index contributed by atoms with van der Waals surface area (Å²) in [6.45, 7) is 29.2. The Hall–Kier alpha value is -3.79. The average molecular weight is 813 g/mol. The van der Waals surface area contributed by atoms with Crippen molar-refractivity contribution >= 4 is 80.1 Å². The van der Waals surface area contributed by atoms with Crippen molar-refractivity contribution in [3.05, 3.63) is 93.7 Å². The summed E-state index contributed by atoms with van der Waals surface area (Å²) in [5.74, 6) is 16.4.